The molecule has 7 nitrogen and oxygen atoms in total. The molecule has 3 rings (SSSR count). The average Bonchev–Trinajstić information content (AvgIpc) is 3.32. The van der Waals surface area contributed by atoms with Gasteiger partial charge < -0.3 is 26.4 Å². The van der Waals surface area contributed by atoms with Gasteiger partial charge in [-0.3, -0.25) is 9.59 Å². The van der Waals surface area contributed by atoms with Gasteiger partial charge in [-0.2, -0.15) is 0 Å². The molecule has 0 spiro atoms. The Morgan fingerprint density at radius 3 is 2.66 bits per heavy atom. The Labute approximate surface area is 194 Å². The number of nitrogen functional groups attached to an aromatic ring is 1. The number of hydrogen-bond donors (Lipinski definition) is 4. The van der Waals surface area contributed by atoms with Crippen LogP contribution in [-0.4, -0.2) is 44.6 Å². The van der Waals surface area contributed by atoms with Gasteiger partial charge in [0.15, 0.2) is 0 Å². The van der Waals surface area contributed by atoms with E-state index in [2.05, 4.69) is 16.0 Å². The van der Waals surface area contributed by atoms with Crippen LogP contribution in [-0.2, 0) is 0 Å². The van der Waals surface area contributed by atoms with Crippen molar-refractivity contribution in [3.8, 4) is 5.75 Å². The summed E-state index contributed by atoms with van der Waals surface area (Å²) in [4.78, 5) is 25.3. The van der Waals surface area contributed by atoms with E-state index in [9.17, 15) is 9.59 Å². The number of ether oxygens (including phenoxy) is 1. The van der Waals surface area contributed by atoms with Crippen LogP contribution in [0.15, 0.2) is 36.4 Å². The van der Waals surface area contributed by atoms with E-state index in [0.29, 0.717) is 40.0 Å². The summed E-state index contributed by atoms with van der Waals surface area (Å²) in [5, 5.41) is 9.78. The van der Waals surface area contributed by atoms with Crippen LogP contribution in [0.1, 0.15) is 45.5 Å². The van der Waals surface area contributed by atoms with Crippen LogP contribution in [0.25, 0.3) is 0 Å². The van der Waals surface area contributed by atoms with Crippen molar-refractivity contribution in [2.24, 2.45) is 5.92 Å². The van der Waals surface area contributed by atoms with Crippen molar-refractivity contribution < 1.29 is 14.3 Å². The number of amides is 2. The van der Waals surface area contributed by atoms with E-state index in [0.717, 1.165) is 37.9 Å². The summed E-state index contributed by atoms with van der Waals surface area (Å²) in [7, 11) is 1.49. The zero-order chi connectivity index (χ0) is 23.1. The number of anilines is 1. The van der Waals surface area contributed by atoms with Gasteiger partial charge in [0.2, 0.25) is 0 Å². The third-order valence-electron chi connectivity index (χ3n) is 5.84. The summed E-state index contributed by atoms with van der Waals surface area (Å²) < 4.78 is 5.32. The first-order valence-corrected chi connectivity index (χ1v) is 11.3. The molecule has 0 aliphatic carbocycles. The topological polar surface area (TPSA) is 105 Å². The van der Waals surface area contributed by atoms with Gasteiger partial charge in [-0.15, -0.1) is 0 Å². The largest absolute Gasteiger partial charge is 0.496 e. The SMILES string of the molecule is COc1cc(N)c(Cl)cc1C(=O)NC(CCCNC(=O)c1ccc(C)cc1)C1CCNC1. The van der Waals surface area contributed by atoms with Gasteiger partial charge in [0.25, 0.3) is 11.8 Å². The lowest BCUT2D eigenvalue weighted by Crippen LogP contribution is -2.42. The molecule has 172 valence electrons. The summed E-state index contributed by atoms with van der Waals surface area (Å²) in [6.07, 6.45) is 2.48. The predicted octanol–water partition coefficient (Wildman–Crippen LogP) is 3.16. The van der Waals surface area contributed by atoms with E-state index < -0.39 is 0 Å². The molecular weight excluding hydrogens is 428 g/mol. The molecule has 0 radical (unpaired) electrons. The third-order valence-corrected chi connectivity index (χ3v) is 6.17. The molecule has 0 bridgehead atoms. The fourth-order valence-corrected chi connectivity index (χ4v) is 4.10. The number of benzene rings is 2. The summed E-state index contributed by atoms with van der Waals surface area (Å²) in [6.45, 7) is 4.30. The van der Waals surface area contributed by atoms with E-state index in [4.69, 9.17) is 22.1 Å². The number of carbonyl (C=O) groups excluding carboxylic acids is 2. The highest BCUT2D eigenvalue weighted by Gasteiger charge is 2.27. The zero-order valence-electron chi connectivity index (χ0n) is 18.5. The van der Waals surface area contributed by atoms with Gasteiger partial charge in [0.1, 0.15) is 5.75 Å². The molecule has 2 aromatic rings. The van der Waals surface area contributed by atoms with Crippen LogP contribution in [0.5, 0.6) is 5.75 Å². The maximum absolute atomic E-state index is 13.0. The number of methoxy groups -OCH3 is 1. The molecule has 1 saturated heterocycles. The second-order valence-electron chi connectivity index (χ2n) is 8.17. The van der Waals surface area contributed by atoms with Crippen molar-refractivity contribution in [2.45, 2.75) is 32.2 Å². The second-order valence-corrected chi connectivity index (χ2v) is 8.58. The fraction of sp³-hybridized carbons (Fsp3) is 0.417. The minimum Gasteiger partial charge on any atom is -0.496 e. The van der Waals surface area contributed by atoms with Crippen LogP contribution < -0.4 is 26.4 Å². The molecule has 1 fully saturated rings. The van der Waals surface area contributed by atoms with Crippen LogP contribution in [0.3, 0.4) is 0 Å². The first kappa shape index (κ1) is 23.9. The smallest absolute Gasteiger partial charge is 0.255 e. The minimum atomic E-state index is -0.246. The normalized spacial score (nSPS) is 16.4. The van der Waals surface area contributed by atoms with Gasteiger partial charge in [0, 0.05) is 24.2 Å². The molecule has 2 aromatic carbocycles. The highest BCUT2D eigenvalue weighted by atomic mass is 35.5. The Balaban J connectivity index is 1.59. The summed E-state index contributed by atoms with van der Waals surface area (Å²) in [6, 6.07) is 10.6. The summed E-state index contributed by atoms with van der Waals surface area (Å²) in [5.41, 5.74) is 8.31. The highest BCUT2D eigenvalue weighted by Crippen LogP contribution is 2.29. The van der Waals surface area contributed by atoms with Crippen molar-refractivity contribution in [2.75, 3.05) is 32.5 Å². The highest BCUT2D eigenvalue weighted by molar-refractivity contribution is 6.33. The number of carbonyl (C=O) groups is 2. The molecule has 1 heterocycles. The minimum absolute atomic E-state index is 0.0326. The summed E-state index contributed by atoms with van der Waals surface area (Å²) >= 11 is 6.13. The first-order valence-electron chi connectivity index (χ1n) is 10.9. The van der Waals surface area contributed by atoms with E-state index in [1.165, 1.54) is 13.2 Å². The van der Waals surface area contributed by atoms with Gasteiger partial charge >= 0.3 is 0 Å². The zero-order valence-corrected chi connectivity index (χ0v) is 19.3. The fourth-order valence-electron chi connectivity index (χ4n) is 3.94. The van der Waals surface area contributed by atoms with Crippen molar-refractivity contribution in [1.82, 2.24) is 16.0 Å². The average molecular weight is 459 g/mol. The maximum Gasteiger partial charge on any atom is 0.255 e. The Hall–Kier alpha value is -2.77. The molecule has 8 heteroatoms. The number of halogens is 1. The quantitative estimate of drug-likeness (QED) is 0.341. The molecule has 1 aliphatic heterocycles. The van der Waals surface area contributed by atoms with Crippen LogP contribution >= 0.6 is 11.6 Å². The van der Waals surface area contributed by atoms with Gasteiger partial charge in [-0.05, 0) is 63.4 Å². The first-order chi connectivity index (χ1) is 15.4. The standard InChI is InChI=1S/C24H31ClN4O3/c1-15-5-7-16(8-6-15)23(30)28-10-3-4-21(17-9-11-27-14-17)29-24(31)18-12-19(25)20(26)13-22(18)32-2/h5-8,12-13,17,21,27H,3-4,9-11,14,26H2,1-2H3,(H,28,30)(H,29,31). The number of rotatable bonds is 9. The van der Waals surface area contributed by atoms with E-state index in [1.807, 2.05) is 31.2 Å². The monoisotopic (exact) mass is 458 g/mol. The molecule has 2 amide bonds. The Morgan fingerprint density at radius 1 is 1.25 bits per heavy atom. The van der Waals surface area contributed by atoms with Crippen LogP contribution in [0, 0.1) is 12.8 Å². The Morgan fingerprint density at radius 2 is 2.00 bits per heavy atom. The van der Waals surface area contributed by atoms with Crippen molar-refractivity contribution in [1.29, 1.82) is 0 Å². The molecule has 32 heavy (non-hydrogen) atoms. The van der Waals surface area contributed by atoms with Crippen molar-refractivity contribution in [3.63, 3.8) is 0 Å². The number of nitrogens with two attached hydrogens (primary N) is 1. The van der Waals surface area contributed by atoms with E-state index in [1.54, 1.807) is 6.07 Å². The lowest BCUT2D eigenvalue weighted by atomic mass is 9.94. The molecule has 1 aliphatic rings. The van der Waals surface area contributed by atoms with Crippen LogP contribution in [0.4, 0.5) is 5.69 Å². The van der Waals surface area contributed by atoms with Crippen molar-refractivity contribution in [3.05, 3.63) is 58.1 Å². The Kier molecular flexibility index (Phi) is 8.36. The van der Waals surface area contributed by atoms with Crippen molar-refractivity contribution >= 4 is 29.1 Å². The molecular formula is C24H31ClN4O3. The molecule has 2 unspecified atom stereocenters. The van der Waals surface area contributed by atoms with Gasteiger partial charge in [0.05, 0.1) is 23.4 Å². The van der Waals surface area contributed by atoms with Gasteiger partial charge in [-0.1, -0.05) is 29.3 Å². The molecule has 0 saturated carbocycles. The third kappa shape index (κ3) is 6.14. The Bertz CT molecular complexity index is 943. The summed E-state index contributed by atoms with van der Waals surface area (Å²) in [5.74, 6) is 0.374. The number of aryl methyl sites for hydroxylation is 1. The van der Waals surface area contributed by atoms with E-state index >= 15 is 0 Å². The lowest BCUT2D eigenvalue weighted by Gasteiger charge is -2.25. The second kappa shape index (κ2) is 11.2. The molecule has 2 atom stereocenters. The molecule has 5 N–H and O–H groups in total. The number of nitrogens with one attached hydrogen (secondary N) is 3. The van der Waals surface area contributed by atoms with Crippen LogP contribution in [0.2, 0.25) is 5.02 Å². The van der Waals surface area contributed by atoms with Gasteiger partial charge in [-0.25, -0.2) is 0 Å². The lowest BCUT2D eigenvalue weighted by molar-refractivity contribution is 0.0910. The van der Waals surface area contributed by atoms with E-state index in [-0.39, 0.29) is 17.9 Å². The number of hydrogen-bond acceptors (Lipinski definition) is 5. The molecule has 0 aromatic heterocycles. The maximum atomic E-state index is 13.0. The predicted molar refractivity (Wildman–Crippen MR) is 127 cm³/mol.